The molecular weight excluding hydrogens is 705 g/mol. The molecule has 0 saturated heterocycles. The van der Waals surface area contributed by atoms with Gasteiger partial charge in [0, 0.05) is 30.7 Å². The number of nitriles is 1. The number of likely N-dealkylation sites (N-methyl/N-ethyl adjacent to an activating group) is 2. The van der Waals surface area contributed by atoms with Crippen LogP contribution in [0.4, 0.5) is 5.69 Å². The Morgan fingerprint density at radius 2 is 1.41 bits per heavy atom. The van der Waals surface area contributed by atoms with Crippen molar-refractivity contribution in [3.63, 3.8) is 0 Å². The normalized spacial score (nSPS) is 18.5. The summed E-state index contributed by atoms with van der Waals surface area (Å²) in [5.41, 5.74) is 9.31. The van der Waals surface area contributed by atoms with Gasteiger partial charge in [0.15, 0.2) is 40.4 Å². The lowest BCUT2D eigenvalue weighted by Crippen LogP contribution is -2.34. The van der Waals surface area contributed by atoms with E-state index in [0.29, 0.717) is 70.3 Å². The average molecular weight is 749 g/mol. The summed E-state index contributed by atoms with van der Waals surface area (Å²) in [7, 11) is 9.37. The van der Waals surface area contributed by atoms with Gasteiger partial charge >= 0.3 is 0 Å². The fourth-order valence-corrected chi connectivity index (χ4v) is 8.62. The third-order valence-electron chi connectivity index (χ3n) is 11.7. The van der Waals surface area contributed by atoms with Crippen LogP contribution in [0.25, 0.3) is 0 Å². The lowest BCUT2D eigenvalue weighted by atomic mass is 9.87. The molecule has 5 aromatic carbocycles. The van der Waals surface area contributed by atoms with Crippen LogP contribution in [0.1, 0.15) is 56.6 Å². The van der Waals surface area contributed by atoms with Crippen molar-refractivity contribution in [3.05, 3.63) is 123 Å². The minimum Gasteiger partial charge on any atom is -0.493 e. The van der Waals surface area contributed by atoms with Crippen molar-refractivity contribution in [1.29, 1.82) is 5.26 Å². The molecule has 0 aliphatic carbocycles. The minimum absolute atomic E-state index is 0.0723. The van der Waals surface area contributed by atoms with Crippen LogP contribution in [0.3, 0.4) is 0 Å². The van der Waals surface area contributed by atoms with Crippen molar-refractivity contribution >= 4 is 11.6 Å². The third kappa shape index (κ3) is 6.47. The van der Waals surface area contributed by atoms with Crippen LogP contribution >= 0.6 is 0 Å². The van der Waals surface area contributed by atoms with Crippen LogP contribution < -0.4 is 28.4 Å². The van der Waals surface area contributed by atoms with Crippen LogP contribution in [0.5, 0.6) is 46.0 Å². The standard InChI is InChI=1S/C46H44N4O6/c1-49-16-14-30-22-39(51-3)41-25-34(30)36(49)19-27-6-10-33(11-7-27)54-40-21-28(9-13-38(40)55-43-24-32-18-29(26-47)8-12-35(32)48-43)20-37-44-31(15-17-50(37)2)23-42(52-4)45(53-5)46(44)56-41/h6-13,18,21-23,25,36-37H,14-17,19-20,24H2,1-5H3/t36-,37+/m0/s1. The van der Waals surface area contributed by atoms with Crippen LogP contribution in [0, 0.1) is 11.3 Å². The maximum atomic E-state index is 9.44. The Bertz CT molecular complexity index is 2420. The minimum atomic E-state index is -0.0723. The van der Waals surface area contributed by atoms with E-state index >= 15 is 0 Å². The summed E-state index contributed by atoms with van der Waals surface area (Å²) in [5, 5.41) is 9.44. The highest BCUT2D eigenvalue weighted by Crippen LogP contribution is 2.52. The zero-order valence-corrected chi connectivity index (χ0v) is 32.3. The largest absolute Gasteiger partial charge is 0.493 e. The molecule has 284 valence electrons. The van der Waals surface area contributed by atoms with Crippen LogP contribution in [0.2, 0.25) is 0 Å². The second-order valence-electron chi connectivity index (χ2n) is 15.0. The smallest absolute Gasteiger partial charge is 0.204 e. The molecule has 0 saturated carbocycles. The fraction of sp³-hybridized carbons (Fsp3) is 0.304. The van der Waals surface area contributed by atoms with Gasteiger partial charge in [0.2, 0.25) is 5.75 Å². The monoisotopic (exact) mass is 748 g/mol. The number of ether oxygens (including phenoxy) is 6. The summed E-state index contributed by atoms with van der Waals surface area (Å²) in [6, 6.07) is 28.7. The average Bonchev–Trinajstić information content (AvgIpc) is 3.62. The molecule has 0 amide bonds. The Labute approximate surface area is 327 Å². The molecule has 0 unspecified atom stereocenters. The predicted molar refractivity (Wildman–Crippen MR) is 214 cm³/mol. The number of nitrogens with zero attached hydrogens (tertiary/aromatic N) is 4. The Hall–Kier alpha value is -6.02. The number of rotatable bonds is 4. The Morgan fingerprint density at radius 1 is 0.696 bits per heavy atom. The van der Waals surface area contributed by atoms with Gasteiger partial charge in [-0.1, -0.05) is 18.2 Å². The van der Waals surface area contributed by atoms with Crippen molar-refractivity contribution < 1.29 is 28.4 Å². The highest BCUT2D eigenvalue weighted by atomic mass is 16.5. The molecule has 56 heavy (non-hydrogen) atoms. The molecule has 2 atom stereocenters. The molecule has 10 nitrogen and oxygen atoms in total. The van der Waals surface area contributed by atoms with E-state index in [2.05, 4.69) is 72.4 Å². The lowest BCUT2D eigenvalue weighted by Gasteiger charge is -2.37. The SMILES string of the molecule is COc1cc2c3cc1Oc1c(OC)c(OC)cc4c1[C@@H](Cc1ccc(OC5=Nc6ccc(C#N)cc6C5)c(c1)Oc1ccc(cc1)C[C@@H]3N(C)CC2)N(C)CC4. The highest BCUT2D eigenvalue weighted by Gasteiger charge is 2.35. The molecular formula is C46H44N4O6. The summed E-state index contributed by atoms with van der Waals surface area (Å²) in [4.78, 5) is 9.54. The number of hydrogen-bond acceptors (Lipinski definition) is 10. The topological polar surface area (TPSA) is 98.0 Å². The number of benzene rings is 5. The molecule has 5 aliphatic rings. The van der Waals surface area contributed by atoms with Gasteiger partial charge in [0.25, 0.3) is 0 Å². The van der Waals surface area contributed by atoms with Crippen molar-refractivity contribution in [1.82, 2.24) is 9.80 Å². The summed E-state index contributed by atoms with van der Waals surface area (Å²) in [6.07, 6.45) is 3.69. The van der Waals surface area contributed by atoms with E-state index in [-0.39, 0.29) is 12.1 Å². The van der Waals surface area contributed by atoms with Crippen LogP contribution in [-0.2, 0) is 32.1 Å². The van der Waals surface area contributed by atoms with E-state index in [0.717, 1.165) is 60.3 Å². The lowest BCUT2D eigenvalue weighted by molar-refractivity contribution is 0.220. The molecule has 10 rings (SSSR count). The molecule has 6 bridgehead atoms. The van der Waals surface area contributed by atoms with E-state index < -0.39 is 0 Å². The first-order chi connectivity index (χ1) is 27.3. The molecule has 0 radical (unpaired) electrons. The van der Waals surface area contributed by atoms with Crippen molar-refractivity contribution in [3.8, 4) is 52.1 Å². The first-order valence-electron chi connectivity index (χ1n) is 19.1. The van der Waals surface area contributed by atoms with Gasteiger partial charge in [0.05, 0.1) is 45.1 Å². The van der Waals surface area contributed by atoms with E-state index in [4.69, 9.17) is 33.4 Å². The second kappa shape index (κ2) is 14.6. The van der Waals surface area contributed by atoms with Gasteiger partial charge < -0.3 is 28.4 Å². The maximum absolute atomic E-state index is 9.44. The van der Waals surface area contributed by atoms with Crippen LogP contribution in [-0.4, -0.2) is 64.2 Å². The zero-order valence-electron chi connectivity index (χ0n) is 32.3. The van der Waals surface area contributed by atoms with E-state index in [1.807, 2.05) is 30.3 Å². The van der Waals surface area contributed by atoms with Gasteiger partial charge in [-0.25, -0.2) is 4.99 Å². The van der Waals surface area contributed by atoms with Gasteiger partial charge in [0.1, 0.15) is 5.75 Å². The molecule has 0 aromatic heterocycles. The Balaban J connectivity index is 1.19. The van der Waals surface area contributed by atoms with Gasteiger partial charge in [-0.05, 0) is 134 Å². The second-order valence-corrected chi connectivity index (χ2v) is 15.0. The highest BCUT2D eigenvalue weighted by molar-refractivity contribution is 5.90. The zero-order chi connectivity index (χ0) is 38.5. The van der Waals surface area contributed by atoms with Crippen molar-refractivity contribution in [2.24, 2.45) is 4.99 Å². The van der Waals surface area contributed by atoms with Crippen molar-refractivity contribution in [2.75, 3.05) is 48.5 Å². The molecule has 0 fully saturated rings. The molecule has 5 aromatic rings. The number of methoxy groups -OCH3 is 3. The third-order valence-corrected chi connectivity index (χ3v) is 11.7. The quantitative estimate of drug-likeness (QED) is 0.179. The summed E-state index contributed by atoms with van der Waals surface area (Å²) >= 11 is 0. The summed E-state index contributed by atoms with van der Waals surface area (Å²) in [6.45, 7) is 1.79. The van der Waals surface area contributed by atoms with E-state index in [1.165, 1.54) is 16.7 Å². The summed E-state index contributed by atoms with van der Waals surface area (Å²) in [5.74, 6) is 5.54. The molecule has 5 heterocycles. The van der Waals surface area contributed by atoms with Crippen molar-refractivity contribution in [2.45, 2.75) is 44.2 Å². The molecule has 10 heteroatoms. The number of fused-ring (bicyclic) bond motifs is 3. The fourth-order valence-electron chi connectivity index (χ4n) is 8.62. The Kier molecular flexibility index (Phi) is 9.28. The van der Waals surface area contributed by atoms with E-state index in [1.54, 1.807) is 27.4 Å². The maximum Gasteiger partial charge on any atom is 0.204 e. The number of hydrogen-bond donors (Lipinski definition) is 0. The Morgan fingerprint density at radius 3 is 2.18 bits per heavy atom. The van der Waals surface area contributed by atoms with Gasteiger partial charge in [-0.15, -0.1) is 0 Å². The summed E-state index contributed by atoms with van der Waals surface area (Å²) < 4.78 is 38.3. The predicted octanol–water partition coefficient (Wildman–Crippen LogP) is 8.69. The molecule has 5 aliphatic heterocycles. The first-order valence-corrected chi connectivity index (χ1v) is 19.1. The first kappa shape index (κ1) is 35.7. The number of aliphatic imine (C=N–C) groups is 1. The van der Waals surface area contributed by atoms with Crippen LogP contribution in [0.15, 0.2) is 83.9 Å². The van der Waals surface area contributed by atoms with E-state index in [9.17, 15) is 5.26 Å². The molecule has 0 N–H and O–H groups in total. The van der Waals surface area contributed by atoms with Gasteiger partial charge in [-0.2, -0.15) is 5.26 Å². The van der Waals surface area contributed by atoms with Gasteiger partial charge in [-0.3, -0.25) is 9.80 Å². The molecule has 0 spiro atoms.